The van der Waals surface area contributed by atoms with Crippen LogP contribution in [0.15, 0.2) is 18.5 Å². The Bertz CT molecular complexity index is 577. The van der Waals surface area contributed by atoms with Crippen molar-refractivity contribution in [3.05, 3.63) is 23.6 Å². The average molecular weight is 254 g/mol. The first-order valence-corrected chi connectivity index (χ1v) is 5.36. The van der Waals surface area contributed by atoms with Crippen LogP contribution in [0, 0.1) is 0 Å². The fraction of sp³-hybridized carbons (Fsp3) is 0.300. The van der Waals surface area contributed by atoms with Crippen LogP contribution in [0.5, 0.6) is 0 Å². The fourth-order valence-electron chi connectivity index (χ4n) is 1.39. The number of imidazole rings is 1. The number of aromatic nitrogens is 4. The van der Waals surface area contributed by atoms with Gasteiger partial charge in [0, 0.05) is 6.54 Å². The van der Waals surface area contributed by atoms with Crippen molar-refractivity contribution in [1.82, 2.24) is 19.5 Å². The lowest BCUT2D eigenvalue weighted by atomic mass is 10.2. The SMILES string of the molecule is C=C(Cn1cnc2c(Cl)nc(N)nc21)C(C)O. The Hall–Kier alpha value is -1.66. The molecule has 0 fully saturated rings. The standard InChI is InChI=1S/C10H12ClN5O/c1-5(6(2)17)3-16-4-13-7-8(11)14-10(12)15-9(7)16/h4,6,17H,1,3H2,2H3,(H2,12,14,15). The molecule has 17 heavy (non-hydrogen) atoms. The van der Waals surface area contributed by atoms with Gasteiger partial charge in [0.05, 0.1) is 12.4 Å². The van der Waals surface area contributed by atoms with E-state index in [1.165, 1.54) is 0 Å². The van der Waals surface area contributed by atoms with Gasteiger partial charge in [0.15, 0.2) is 10.8 Å². The van der Waals surface area contributed by atoms with Gasteiger partial charge < -0.3 is 15.4 Å². The maximum Gasteiger partial charge on any atom is 0.223 e. The van der Waals surface area contributed by atoms with Crippen LogP contribution in [0.3, 0.4) is 0 Å². The number of rotatable bonds is 3. The molecule has 1 atom stereocenters. The average Bonchev–Trinajstić information content (AvgIpc) is 2.61. The summed E-state index contributed by atoms with van der Waals surface area (Å²) in [6, 6.07) is 0. The van der Waals surface area contributed by atoms with Gasteiger partial charge in [-0.1, -0.05) is 18.2 Å². The lowest BCUT2D eigenvalue weighted by Crippen LogP contribution is -2.10. The largest absolute Gasteiger partial charge is 0.389 e. The Kier molecular flexibility index (Phi) is 2.99. The summed E-state index contributed by atoms with van der Waals surface area (Å²) in [6.45, 7) is 5.83. The minimum atomic E-state index is -0.595. The number of aliphatic hydroxyl groups is 1. The fourth-order valence-corrected chi connectivity index (χ4v) is 1.61. The van der Waals surface area contributed by atoms with Crippen LogP contribution in [-0.4, -0.2) is 30.7 Å². The molecule has 0 aliphatic carbocycles. The van der Waals surface area contributed by atoms with Gasteiger partial charge in [0.1, 0.15) is 5.52 Å². The number of aliphatic hydroxyl groups excluding tert-OH is 1. The first-order valence-electron chi connectivity index (χ1n) is 4.98. The van der Waals surface area contributed by atoms with E-state index in [1.807, 2.05) is 0 Å². The molecule has 2 heterocycles. The van der Waals surface area contributed by atoms with Gasteiger partial charge in [-0.05, 0) is 12.5 Å². The molecule has 2 aromatic rings. The van der Waals surface area contributed by atoms with Crippen LogP contribution in [0.2, 0.25) is 5.15 Å². The number of nitrogen functional groups attached to an aromatic ring is 1. The molecule has 0 amide bonds. The van der Waals surface area contributed by atoms with Crippen molar-refractivity contribution in [3.8, 4) is 0 Å². The van der Waals surface area contributed by atoms with Crippen molar-refractivity contribution in [1.29, 1.82) is 0 Å². The molecule has 0 aliphatic rings. The Morgan fingerprint density at radius 2 is 2.35 bits per heavy atom. The van der Waals surface area contributed by atoms with Crippen LogP contribution in [-0.2, 0) is 6.54 Å². The van der Waals surface area contributed by atoms with E-state index in [1.54, 1.807) is 17.8 Å². The lowest BCUT2D eigenvalue weighted by molar-refractivity contribution is 0.226. The van der Waals surface area contributed by atoms with Gasteiger partial charge in [-0.3, -0.25) is 0 Å². The molecule has 0 aromatic carbocycles. The first-order chi connectivity index (χ1) is 7.99. The minimum absolute atomic E-state index is 0.0897. The molecule has 6 nitrogen and oxygen atoms in total. The van der Waals surface area contributed by atoms with E-state index < -0.39 is 6.10 Å². The Labute approximate surface area is 103 Å². The third-order valence-electron chi connectivity index (χ3n) is 2.40. The summed E-state index contributed by atoms with van der Waals surface area (Å²) in [5.41, 5.74) is 7.19. The summed E-state index contributed by atoms with van der Waals surface area (Å²) in [4.78, 5) is 12.0. The second-order valence-electron chi connectivity index (χ2n) is 3.75. The van der Waals surface area contributed by atoms with E-state index in [0.29, 0.717) is 23.3 Å². The van der Waals surface area contributed by atoms with Crippen molar-refractivity contribution in [3.63, 3.8) is 0 Å². The molecule has 2 rings (SSSR count). The summed E-state index contributed by atoms with van der Waals surface area (Å²) >= 11 is 5.90. The van der Waals surface area contributed by atoms with Crippen LogP contribution in [0.4, 0.5) is 5.95 Å². The third kappa shape index (κ3) is 2.22. The summed E-state index contributed by atoms with van der Waals surface area (Å²) in [7, 11) is 0. The smallest absolute Gasteiger partial charge is 0.223 e. The van der Waals surface area contributed by atoms with Crippen LogP contribution in [0.1, 0.15) is 6.92 Å². The molecule has 7 heteroatoms. The molecule has 0 radical (unpaired) electrons. The topological polar surface area (TPSA) is 89.9 Å². The molecule has 3 N–H and O–H groups in total. The highest BCUT2D eigenvalue weighted by molar-refractivity contribution is 6.33. The molecule has 0 saturated heterocycles. The molecule has 0 spiro atoms. The highest BCUT2D eigenvalue weighted by atomic mass is 35.5. The number of halogens is 1. The molecule has 0 bridgehead atoms. The predicted molar refractivity (Wildman–Crippen MR) is 65.6 cm³/mol. The number of nitrogens with zero attached hydrogens (tertiary/aromatic N) is 4. The number of nitrogens with two attached hydrogens (primary N) is 1. The van der Waals surface area contributed by atoms with Gasteiger partial charge in [-0.2, -0.15) is 9.97 Å². The van der Waals surface area contributed by atoms with Crippen LogP contribution >= 0.6 is 11.6 Å². The van der Waals surface area contributed by atoms with Crippen molar-refractivity contribution >= 4 is 28.7 Å². The van der Waals surface area contributed by atoms with Crippen LogP contribution in [0.25, 0.3) is 11.2 Å². The van der Waals surface area contributed by atoms with Crippen molar-refractivity contribution in [2.24, 2.45) is 0 Å². The monoisotopic (exact) mass is 253 g/mol. The summed E-state index contributed by atoms with van der Waals surface area (Å²) in [6.07, 6.45) is 0.972. The molecule has 1 unspecified atom stereocenters. The third-order valence-corrected chi connectivity index (χ3v) is 2.67. The maximum absolute atomic E-state index is 9.38. The molecular weight excluding hydrogens is 242 g/mol. The Morgan fingerprint density at radius 3 is 3.00 bits per heavy atom. The number of fused-ring (bicyclic) bond motifs is 1. The normalized spacial score (nSPS) is 12.9. The minimum Gasteiger partial charge on any atom is -0.389 e. The molecular formula is C10H12ClN5O. The zero-order valence-corrected chi connectivity index (χ0v) is 10.0. The van der Waals surface area contributed by atoms with Gasteiger partial charge in [0.25, 0.3) is 0 Å². The van der Waals surface area contributed by atoms with Gasteiger partial charge >= 0.3 is 0 Å². The van der Waals surface area contributed by atoms with E-state index in [9.17, 15) is 5.11 Å². The number of hydrogen-bond donors (Lipinski definition) is 2. The summed E-state index contributed by atoms with van der Waals surface area (Å²) < 4.78 is 1.72. The number of anilines is 1. The lowest BCUT2D eigenvalue weighted by Gasteiger charge is -2.09. The van der Waals surface area contributed by atoms with E-state index in [2.05, 4.69) is 21.5 Å². The zero-order chi connectivity index (χ0) is 12.6. The highest BCUT2D eigenvalue weighted by Crippen LogP contribution is 2.20. The zero-order valence-electron chi connectivity index (χ0n) is 9.26. The predicted octanol–water partition coefficient (Wildman–Crippen LogP) is 0.999. The molecule has 90 valence electrons. The van der Waals surface area contributed by atoms with Crippen LogP contribution < -0.4 is 5.73 Å². The van der Waals surface area contributed by atoms with E-state index in [4.69, 9.17) is 17.3 Å². The second kappa shape index (κ2) is 4.31. The Balaban J connectivity index is 2.46. The second-order valence-corrected chi connectivity index (χ2v) is 4.11. The summed E-state index contributed by atoms with van der Waals surface area (Å²) in [5, 5.41) is 9.60. The van der Waals surface area contributed by atoms with Crippen molar-refractivity contribution < 1.29 is 5.11 Å². The van der Waals surface area contributed by atoms with Crippen molar-refractivity contribution in [2.45, 2.75) is 19.6 Å². The van der Waals surface area contributed by atoms with E-state index >= 15 is 0 Å². The molecule has 2 aromatic heterocycles. The van der Waals surface area contributed by atoms with Crippen molar-refractivity contribution in [2.75, 3.05) is 5.73 Å². The van der Waals surface area contributed by atoms with Gasteiger partial charge in [-0.25, -0.2) is 4.98 Å². The first kappa shape index (κ1) is 11.8. The highest BCUT2D eigenvalue weighted by Gasteiger charge is 2.12. The maximum atomic E-state index is 9.38. The van der Waals surface area contributed by atoms with Gasteiger partial charge in [0.2, 0.25) is 5.95 Å². The van der Waals surface area contributed by atoms with E-state index in [-0.39, 0.29) is 11.1 Å². The Morgan fingerprint density at radius 1 is 1.65 bits per heavy atom. The van der Waals surface area contributed by atoms with Gasteiger partial charge in [-0.15, -0.1) is 0 Å². The number of hydrogen-bond acceptors (Lipinski definition) is 5. The summed E-state index contributed by atoms with van der Waals surface area (Å²) in [5.74, 6) is 0.0897. The molecule has 0 aliphatic heterocycles. The molecule has 0 saturated carbocycles. The van der Waals surface area contributed by atoms with E-state index in [0.717, 1.165) is 0 Å². The quantitative estimate of drug-likeness (QED) is 0.629.